The molecule has 11 heteroatoms. The van der Waals surface area contributed by atoms with Crippen LogP contribution in [0.2, 0.25) is 0 Å². The molecule has 178 valence electrons. The van der Waals surface area contributed by atoms with Gasteiger partial charge in [0.2, 0.25) is 0 Å². The van der Waals surface area contributed by atoms with Gasteiger partial charge in [-0.15, -0.1) is 0 Å². The highest BCUT2D eigenvalue weighted by Gasteiger charge is 2.38. The number of carbonyl (C=O) groups excluding carboxylic acids is 1. The Morgan fingerprint density at radius 1 is 1.18 bits per heavy atom. The van der Waals surface area contributed by atoms with Gasteiger partial charge >= 0.3 is 6.01 Å². The Balaban J connectivity index is 1.74. The minimum Gasteiger partial charge on any atom is -0.464 e. The second-order valence-corrected chi connectivity index (χ2v) is 7.58. The van der Waals surface area contributed by atoms with Crippen molar-refractivity contribution in [2.24, 2.45) is 0 Å². The van der Waals surface area contributed by atoms with E-state index < -0.39 is 42.6 Å². The molecule has 1 aromatic carbocycles. The van der Waals surface area contributed by atoms with Gasteiger partial charge in [-0.2, -0.15) is 0 Å². The van der Waals surface area contributed by atoms with E-state index in [9.17, 15) is 22.4 Å². The molecule has 0 bridgehead atoms. The second-order valence-electron chi connectivity index (χ2n) is 7.58. The van der Waals surface area contributed by atoms with E-state index in [0.29, 0.717) is 6.61 Å². The van der Waals surface area contributed by atoms with Gasteiger partial charge in [-0.25, -0.2) is 27.5 Å². The first-order valence-electron chi connectivity index (χ1n) is 10.5. The summed E-state index contributed by atoms with van der Waals surface area (Å²) in [5.74, 6) is -5.09. The largest absolute Gasteiger partial charge is 0.464 e. The number of ether oxygens (including phenoxy) is 2. The predicted octanol–water partition coefficient (Wildman–Crippen LogP) is 4.95. The van der Waals surface area contributed by atoms with E-state index in [1.807, 2.05) is 0 Å². The van der Waals surface area contributed by atoms with Crippen LogP contribution in [-0.4, -0.2) is 40.0 Å². The molecule has 1 aliphatic heterocycles. The SMILES string of the molecule is CCOc1ncc(C(=O)Nc2c(-c3cc(F)ccc3F)ccnc2C2CCC(F)(F)CO2)cn1. The van der Waals surface area contributed by atoms with E-state index >= 15 is 0 Å². The standard InChI is InChI=1S/C23H20F4N4O3/c1-2-33-22-29-10-13(11-30-22)21(32)31-19-15(16-9-14(24)3-4-17(16)25)6-8-28-20(19)18-5-7-23(26,27)12-34-18/h3-4,6,8-11,18H,2,5,7,12H2,1H3,(H,31,32). The topological polar surface area (TPSA) is 86.2 Å². The van der Waals surface area contributed by atoms with Crippen molar-refractivity contribution in [3.63, 3.8) is 0 Å². The van der Waals surface area contributed by atoms with Crippen molar-refractivity contribution in [3.05, 3.63) is 65.7 Å². The lowest BCUT2D eigenvalue weighted by Crippen LogP contribution is -2.31. The number of hydrogen-bond acceptors (Lipinski definition) is 6. The molecule has 3 aromatic rings. The number of benzene rings is 1. The predicted molar refractivity (Wildman–Crippen MR) is 114 cm³/mol. The Bertz CT molecular complexity index is 1180. The van der Waals surface area contributed by atoms with Gasteiger partial charge < -0.3 is 14.8 Å². The van der Waals surface area contributed by atoms with E-state index in [1.165, 1.54) is 24.7 Å². The number of carbonyl (C=O) groups is 1. The first-order chi connectivity index (χ1) is 16.3. The van der Waals surface area contributed by atoms with Crippen LogP contribution >= 0.6 is 0 Å². The average molecular weight is 476 g/mol. The number of anilines is 1. The number of nitrogens with zero attached hydrogens (tertiary/aromatic N) is 3. The maximum atomic E-state index is 14.6. The highest BCUT2D eigenvalue weighted by atomic mass is 19.3. The summed E-state index contributed by atoms with van der Waals surface area (Å²) in [6, 6.07) is 4.36. The number of halogens is 4. The summed E-state index contributed by atoms with van der Waals surface area (Å²) in [6.45, 7) is 1.27. The molecule has 1 N–H and O–H groups in total. The molecule has 1 amide bonds. The summed E-state index contributed by atoms with van der Waals surface area (Å²) in [5.41, 5.74) is 0.171. The van der Waals surface area contributed by atoms with Crippen LogP contribution in [0.5, 0.6) is 6.01 Å². The maximum absolute atomic E-state index is 14.6. The molecule has 4 rings (SSSR count). The average Bonchev–Trinajstić information content (AvgIpc) is 2.82. The third-order valence-corrected chi connectivity index (χ3v) is 5.17. The highest BCUT2D eigenvalue weighted by Crippen LogP contribution is 2.41. The minimum atomic E-state index is -2.98. The van der Waals surface area contributed by atoms with Crippen molar-refractivity contribution >= 4 is 11.6 Å². The lowest BCUT2D eigenvalue weighted by Gasteiger charge is -2.30. The van der Waals surface area contributed by atoms with Gasteiger partial charge in [-0.1, -0.05) is 0 Å². The summed E-state index contributed by atoms with van der Waals surface area (Å²) in [6.07, 6.45) is 2.39. The van der Waals surface area contributed by atoms with E-state index in [1.54, 1.807) is 6.92 Å². The molecule has 0 radical (unpaired) electrons. The van der Waals surface area contributed by atoms with Crippen molar-refractivity contribution in [1.29, 1.82) is 0 Å². The van der Waals surface area contributed by atoms with Gasteiger partial charge in [0, 0.05) is 36.1 Å². The summed E-state index contributed by atoms with van der Waals surface area (Å²) < 4.78 is 66.3. The zero-order chi connectivity index (χ0) is 24.3. The Kier molecular flexibility index (Phi) is 6.73. The van der Waals surface area contributed by atoms with E-state index in [-0.39, 0.29) is 40.5 Å². The lowest BCUT2D eigenvalue weighted by atomic mass is 9.97. The Hall–Kier alpha value is -3.60. The highest BCUT2D eigenvalue weighted by molar-refractivity contribution is 6.06. The van der Waals surface area contributed by atoms with Crippen molar-refractivity contribution in [2.45, 2.75) is 31.8 Å². The molecule has 1 fully saturated rings. The van der Waals surface area contributed by atoms with E-state index in [0.717, 1.165) is 18.2 Å². The van der Waals surface area contributed by atoms with Crippen molar-refractivity contribution < 1.29 is 31.8 Å². The van der Waals surface area contributed by atoms with Gasteiger partial charge in [-0.05, 0) is 37.6 Å². The fourth-order valence-corrected chi connectivity index (χ4v) is 3.54. The van der Waals surface area contributed by atoms with Crippen LogP contribution in [0.3, 0.4) is 0 Å². The number of rotatable bonds is 6. The van der Waals surface area contributed by atoms with Crippen molar-refractivity contribution in [3.8, 4) is 17.1 Å². The first-order valence-corrected chi connectivity index (χ1v) is 10.5. The van der Waals surface area contributed by atoms with Gasteiger partial charge in [0.05, 0.1) is 23.6 Å². The quantitative estimate of drug-likeness (QED) is 0.507. The number of amides is 1. The fourth-order valence-electron chi connectivity index (χ4n) is 3.54. The molecule has 34 heavy (non-hydrogen) atoms. The number of aromatic nitrogens is 3. The first kappa shape index (κ1) is 23.6. The van der Waals surface area contributed by atoms with Gasteiger partial charge in [0.25, 0.3) is 11.8 Å². The monoisotopic (exact) mass is 476 g/mol. The van der Waals surface area contributed by atoms with Crippen LogP contribution in [-0.2, 0) is 4.74 Å². The van der Waals surface area contributed by atoms with Crippen LogP contribution in [0.25, 0.3) is 11.1 Å². The molecule has 0 saturated carbocycles. The molecule has 2 aromatic heterocycles. The summed E-state index contributed by atoms with van der Waals surface area (Å²) >= 11 is 0. The Morgan fingerprint density at radius 2 is 1.94 bits per heavy atom. The zero-order valence-electron chi connectivity index (χ0n) is 18.0. The smallest absolute Gasteiger partial charge is 0.316 e. The van der Waals surface area contributed by atoms with Crippen LogP contribution in [0, 0.1) is 11.6 Å². The molecular weight excluding hydrogens is 456 g/mol. The van der Waals surface area contributed by atoms with E-state index in [4.69, 9.17) is 9.47 Å². The molecule has 1 unspecified atom stereocenters. The van der Waals surface area contributed by atoms with Crippen molar-refractivity contribution in [2.75, 3.05) is 18.5 Å². The number of alkyl halides is 2. The van der Waals surface area contributed by atoms with Crippen molar-refractivity contribution in [1.82, 2.24) is 15.0 Å². The molecule has 1 saturated heterocycles. The van der Waals surface area contributed by atoms with Gasteiger partial charge in [-0.3, -0.25) is 9.78 Å². The zero-order valence-corrected chi connectivity index (χ0v) is 18.0. The number of hydrogen-bond donors (Lipinski definition) is 1. The fraction of sp³-hybridized carbons (Fsp3) is 0.304. The second kappa shape index (κ2) is 9.72. The molecular formula is C23H20F4N4O3. The van der Waals surface area contributed by atoms with Crippen LogP contribution in [0.15, 0.2) is 42.9 Å². The summed E-state index contributed by atoms with van der Waals surface area (Å²) in [5, 5.41) is 2.63. The summed E-state index contributed by atoms with van der Waals surface area (Å²) in [4.78, 5) is 25.1. The molecule has 7 nitrogen and oxygen atoms in total. The maximum Gasteiger partial charge on any atom is 0.316 e. The van der Waals surface area contributed by atoms with Crippen LogP contribution in [0.1, 0.15) is 41.9 Å². The molecule has 0 aliphatic carbocycles. The van der Waals surface area contributed by atoms with E-state index in [2.05, 4.69) is 20.3 Å². The number of nitrogens with one attached hydrogen (secondary N) is 1. The molecule has 1 atom stereocenters. The molecule has 1 aliphatic rings. The Morgan fingerprint density at radius 3 is 2.62 bits per heavy atom. The van der Waals surface area contributed by atoms with Crippen LogP contribution in [0.4, 0.5) is 23.2 Å². The third-order valence-electron chi connectivity index (χ3n) is 5.17. The van der Waals surface area contributed by atoms with Gasteiger partial charge in [0.1, 0.15) is 24.3 Å². The molecule has 0 spiro atoms. The normalized spacial score (nSPS) is 17.3. The van der Waals surface area contributed by atoms with Gasteiger partial charge in [0.15, 0.2) is 0 Å². The third kappa shape index (κ3) is 5.14. The lowest BCUT2D eigenvalue weighted by molar-refractivity contribution is -0.146. The minimum absolute atomic E-state index is 0.0149. The Labute approximate surface area is 192 Å². The summed E-state index contributed by atoms with van der Waals surface area (Å²) in [7, 11) is 0. The number of pyridine rings is 1. The van der Waals surface area contributed by atoms with Crippen LogP contribution < -0.4 is 10.1 Å². The molecule has 3 heterocycles.